The van der Waals surface area contributed by atoms with Crippen LogP contribution in [0.4, 0.5) is 11.5 Å². The lowest BCUT2D eigenvalue weighted by Gasteiger charge is -2.10. The van der Waals surface area contributed by atoms with Crippen LogP contribution in [0.15, 0.2) is 54.6 Å². The van der Waals surface area contributed by atoms with E-state index in [9.17, 15) is 4.79 Å². The summed E-state index contributed by atoms with van der Waals surface area (Å²) in [6.45, 7) is 2.03. The molecule has 0 radical (unpaired) electrons. The maximum absolute atomic E-state index is 12.0. The third-order valence-corrected chi connectivity index (χ3v) is 3.42. The summed E-state index contributed by atoms with van der Waals surface area (Å²) in [6, 6.07) is 17.1. The highest BCUT2D eigenvalue weighted by atomic mass is 16.2. The smallest absolute Gasteiger partial charge is 0.265 e. The molecule has 0 spiro atoms. The molecule has 0 aliphatic carbocycles. The monoisotopic (exact) mass is 292 g/mol. The summed E-state index contributed by atoms with van der Waals surface area (Å²) >= 11 is 0. The number of anilines is 2. The molecule has 2 aromatic carbocycles. The van der Waals surface area contributed by atoms with Crippen molar-refractivity contribution in [3.8, 4) is 0 Å². The number of hydrogen-bond acceptors (Lipinski definition) is 4. The number of amides is 1. The molecule has 0 unspecified atom stereocenters. The zero-order valence-corrected chi connectivity index (χ0v) is 12.1. The van der Waals surface area contributed by atoms with Gasteiger partial charge in [0.2, 0.25) is 0 Å². The Morgan fingerprint density at radius 1 is 1.09 bits per heavy atom. The minimum Gasteiger partial charge on any atom is -0.340 e. The lowest BCUT2D eigenvalue weighted by molar-refractivity contribution is 0.0955. The van der Waals surface area contributed by atoms with E-state index < -0.39 is 0 Å². The van der Waals surface area contributed by atoms with Crippen LogP contribution in [0.2, 0.25) is 0 Å². The maximum Gasteiger partial charge on any atom is 0.265 e. The Morgan fingerprint density at radius 2 is 1.82 bits per heavy atom. The van der Waals surface area contributed by atoms with Crippen molar-refractivity contribution in [2.45, 2.75) is 6.92 Å². The fraction of sp³-hybridized carbons (Fsp3) is 0.0588. The molecule has 22 heavy (non-hydrogen) atoms. The summed E-state index contributed by atoms with van der Waals surface area (Å²) in [5.74, 6) is 5.53. The minimum absolute atomic E-state index is 0.342. The highest BCUT2D eigenvalue weighted by Gasteiger charge is 2.11. The van der Waals surface area contributed by atoms with Gasteiger partial charge in [0.05, 0.1) is 11.1 Å². The van der Waals surface area contributed by atoms with Gasteiger partial charge in [-0.1, -0.05) is 35.9 Å². The van der Waals surface area contributed by atoms with Gasteiger partial charge < -0.3 is 5.32 Å². The molecule has 110 valence electrons. The molecule has 0 aliphatic rings. The van der Waals surface area contributed by atoms with E-state index in [0.717, 1.165) is 16.6 Å². The number of nitrogens with one attached hydrogen (secondary N) is 2. The molecule has 1 aromatic heterocycles. The van der Waals surface area contributed by atoms with E-state index in [1.807, 2.05) is 55.5 Å². The van der Waals surface area contributed by atoms with Gasteiger partial charge in [0.15, 0.2) is 0 Å². The SMILES string of the molecule is Cc1ccc(Nc2cc(C(=O)NN)c3ccccc3n2)cc1. The summed E-state index contributed by atoms with van der Waals surface area (Å²) in [5, 5.41) is 3.97. The molecule has 0 aliphatic heterocycles. The zero-order chi connectivity index (χ0) is 15.5. The fourth-order valence-corrected chi connectivity index (χ4v) is 2.29. The third kappa shape index (κ3) is 2.75. The first-order valence-electron chi connectivity index (χ1n) is 6.92. The zero-order valence-electron chi connectivity index (χ0n) is 12.1. The van der Waals surface area contributed by atoms with Crippen LogP contribution in [0.3, 0.4) is 0 Å². The van der Waals surface area contributed by atoms with E-state index in [4.69, 9.17) is 5.84 Å². The number of carbonyl (C=O) groups is 1. The Kier molecular flexibility index (Phi) is 3.72. The van der Waals surface area contributed by atoms with Crippen molar-refractivity contribution < 1.29 is 4.79 Å². The molecule has 5 nitrogen and oxygen atoms in total. The van der Waals surface area contributed by atoms with E-state index in [1.165, 1.54) is 5.56 Å². The molecule has 0 atom stereocenters. The van der Waals surface area contributed by atoms with Crippen LogP contribution in [-0.2, 0) is 0 Å². The normalized spacial score (nSPS) is 10.5. The van der Waals surface area contributed by atoms with Crippen molar-refractivity contribution in [1.82, 2.24) is 10.4 Å². The van der Waals surface area contributed by atoms with Gasteiger partial charge in [0.1, 0.15) is 5.82 Å². The number of rotatable bonds is 3. The van der Waals surface area contributed by atoms with Gasteiger partial charge in [-0.05, 0) is 31.2 Å². The number of benzene rings is 2. The molecular weight excluding hydrogens is 276 g/mol. The first kappa shape index (κ1) is 14.0. The maximum atomic E-state index is 12.0. The number of nitrogen functional groups attached to an aromatic ring is 1. The lowest BCUT2D eigenvalue weighted by Crippen LogP contribution is -2.30. The van der Waals surface area contributed by atoms with Crippen molar-refractivity contribution in [2.24, 2.45) is 5.84 Å². The summed E-state index contributed by atoms with van der Waals surface area (Å²) in [5.41, 5.74) is 5.49. The molecule has 0 saturated carbocycles. The summed E-state index contributed by atoms with van der Waals surface area (Å²) in [7, 11) is 0. The molecular formula is C17H16N4O. The Labute approximate surface area is 128 Å². The topological polar surface area (TPSA) is 80.0 Å². The molecule has 1 heterocycles. The Morgan fingerprint density at radius 3 is 2.55 bits per heavy atom. The van der Waals surface area contributed by atoms with Gasteiger partial charge in [0, 0.05) is 11.1 Å². The molecule has 1 amide bonds. The van der Waals surface area contributed by atoms with Crippen LogP contribution >= 0.6 is 0 Å². The van der Waals surface area contributed by atoms with Gasteiger partial charge in [-0.25, -0.2) is 10.8 Å². The van der Waals surface area contributed by atoms with E-state index in [-0.39, 0.29) is 5.91 Å². The molecule has 3 aromatic rings. The second-order valence-electron chi connectivity index (χ2n) is 5.04. The first-order chi connectivity index (χ1) is 10.7. The lowest BCUT2D eigenvalue weighted by atomic mass is 10.1. The van der Waals surface area contributed by atoms with Crippen LogP contribution in [0.5, 0.6) is 0 Å². The number of carbonyl (C=O) groups excluding carboxylic acids is 1. The molecule has 4 N–H and O–H groups in total. The number of hydrogen-bond donors (Lipinski definition) is 3. The van der Waals surface area contributed by atoms with E-state index in [1.54, 1.807) is 6.07 Å². The molecule has 0 bridgehead atoms. The number of pyridine rings is 1. The molecule has 3 rings (SSSR count). The summed E-state index contributed by atoms with van der Waals surface area (Å²) < 4.78 is 0. The van der Waals surface area contributed by atoms with Crippen LogP contribution in [0, 0.1) is 6.92 Å². The summed E-state index contributed by atoms with van der Waals surface area (Å²) in [6.07, 6.45) is 0. The van der Waals surface area contributed by atoms with Gasteiger partial charge in [-0.3, -0.25) is 10.2 Å². The highest BCUT2D eigenvalue weighted by molar-refractivity contribution is 6.06. The van der Waals surface area contributed by atoms with Gasteiger partial charge >= 0.3 is 0 Å². The minimum atomic E-state index is -0.342. The van der Waals surface area contributed by atoms with Crippen LogP contribution < -0.4 is 16.6 Å². The van der Waals surface area contributed by atoms with E-state index in [2.05, 4.69) is 15.7 Å². The molecule has 5 heteroatoms. The van der Waals surface area contributed by atoms with Crippen molar-refractivity contribution in [2.75, 3.05) is 5.32 Å². The molecule has 0 fully saturated rings. The van der Waals surface area contributed by atoms with Gasteiger partial charge in [0.25, 0.3) is 5.91 Å². The van der Waals surface area contributed by atoms with E-state index >= 15 is 0 Å². The van der Waals surface area contributed by atoms with E-state index in [0.29, 0.717) is 11.4 Å². The summed E-state index contributed by atoms with van der Waals surface area (Å²) in [4.78, 5) is 16.5. The Balaban J connectivity index is 2.06. The van der Waals surface area contributed by atoms with Crippen molar-refractivity contribution in [3.63, 3.8) is 0 Å². The predicted molar refractivity (Wildman–Crippen MR) is 87.9 cm³/mol. The largest absolute Gasteiger partial charge is 0.340 e. The predicted octanol–water partition coefficient (Wildman–Crippen LogP) is 2.89. The van der Waals surface area contributed by atoms with Crippen molar-refractivity contribution in [3.05, 3.63) is 65.7 Å². The number of aryl methyl sites for hydroxylation is 1. The number of nitrogens with zero attached hydrogens (tertiary/aromatic N) is 1. The van der Waals surface area contributed by atoms with Gasteiger partial charge in [-0.15, -0.1) is 0 Å². The van der Waals surface area contributed by atoms with Crippen LogP contribution in [-0.4, -0.2) is 10.9 Å². The Bertz CT molecular complexity index is 828. The first-order valence-corrected chi connectivity index (χ1v) is 6.92. The van der Waals surface area contributed by atoms with Crippen molar-refractivity contribution >= 4 is 28.3 Å². The number of hydrazine groups is 1. The fourth-order valence-electron chi connectivity index (χ4n) is 2.29. The quantitative estimate of drug-likeness (QED) is 0.394. The van der Waals surface area contributed by atoms with Crippen molar-refractivity contribution in [1.29, 1.82) is 0 Å². The Hall–Kier alpha value is -2.92. The van der Waals surface area contributed by atoms with Gasteiger partial charge in [-0.2, -0.15) is 0 Å². The number of para-hydroxylation sites is 1. The third-order valence-electron chi connectivity index (χ3n) is 3.42. The number of nitrogens with two attached hydrogens (primary N) is 1. The van der Waals surface area contributed by atoms with Crippen LogP contribution in [0.1, 0.15) is 15.9 Å². The second-order valence-corrected chi connectivity index (χ2v) is 5.04. The average molecular weight is 292 g/mol. The number of aromatic nitrogens is 1. The standard InChI is InChI=1S/C17H16N4O/c1-11-6-8-12(9-7-11)19-16-10-14(17(22)21-18)13-4-2-3-5-15(13)20-16/h2-10H,18H2,1H3,(H,19,20)(H,21,22). The molecule has 0 saturated heterocycles. The highest BCUT2D eigenvalue weighted by Crippen LogP contribution is 2.23. The van der Waals surface area contributed by atoms with Crippen LogP contribution in [0.25, 0.3) is 10.9 Å². The average Bonchev–Trinajstić information content (AvgIpc) is 2.55. The second kappa shape index (κ2) is 5.83. The number of fused-ring (bicyclic) bond motifs is 1.